The molecule has 8 nitrogen and oxygen atoms in total. The van der Waals surface area contributed by atoms with Crippen molar-refractivity contribution in [2.45, 2.75) is 37.8 Å². The minimum Gasteiger partial charge on any atom is -0.369 e. The van der Waals surface area contributed by atoms with Gasteiger partial charge in [0.2, 0.25) is 17.7 Å². The first-order valence-corrected chi connectivity index (χ1v) is 7.37. The number of guanidine groups is 2. The van der Waals surface area contributed by atoms with Crippen LogP contribution in [0.1, 0.15) is 32.1 Å². The summed E-state index contributed by atoms with van der Waals surface area (Å²) in [7, 11) is 0. The van der Waals surface area contributed by atoms with Crippen LogP contribution in [0, 0.1) is 15.9 Å². The molecule has 1 saturated carbocycles. The van der Waals surface area contributed by atoms with E-state index in [0.29, 0.717) is 18.5 Å². The lowest BCUT2D eigenvalue weighted by Gasteiger charge is -2.45. The minimum absolute atomic E-state index is 0.0947. The Hall–Kier alpha value is -2.71. The molecule has 0 amide bonds. The van der Waals surface area contributed by atoms with Crippen molar-refractivity contribution >= 4 is 23.3 Å². The number of nitrogens with zero attached hydrogens (tertiary/aromatic N) is 4. The van der Waals surface area contributed by atoms with Crippen molar-refractivity contribution in [1.82, 2.24) is 0 Å². The summed E-state index contributed by atoms with van der Waals surface area (Å²) in [4.78, 5) is 20.3. The Kier molecular flexibility index (Phi) is 3.63. The van der Waals surface area contributed by atoms with Gasteiger partial charge in [-0.1, -0.05) is 6.42 Å². The SMILES string of the molecule is NC1=NC2(CCCCC2)N(c2ccc(F)c([N+](=O)[O-])c2)C(N)=N1. The average molecular weight is 320 g/mol. The Labute approximate surface area is 131 Å². The summed E-state index contributed by atoms with van der Waals surface area (Å²) in [6.45, 7) is 0. The number of benzene rings is 1. The van der Waals surface area contributed by atoms with Gasteiger partial charge < -0.3 is 11.5 Å². The van der Waals surface area contributed by atoms with Gasteiger partial charge in [0.15, 0.2) is 0 Å². The molecule has 0 atom stereocenters. The number of nitrogens with two attached hydrogens (primary N) is 2. The number of rotatable bonds is 2. The molecule has 0 aromatic heterocycles. The fourth-order valence-electron chi connectivity index (χ4n) is 3.27. The standard InChI is InChI=1S/C14H17FN6O2/c15-10-5-4-9(8-11(10)21(22)23)20-13(17)18-12(16)19-14(20)6-2-1-3-7-14/h4-5,8H,1-3,6-7H2,(H4,16,17,18,19). The highest BCUT2D eigenvalue weighted by Crippen LogP contribution is 2.40. The van der Waals surface area contributed by atoms with Crippen molar-refractivity contribution in [3.63, 3.8) is 0 Å². The zero-order valence-electron chi connectivity index (χ0n) is 12.4. The van der Waals surface area contributed by atoms with E-state index in [-0.39, 0.29) is 11.9 Å². The van der Waals surface area contributed by atoms with Crippen LogP contribution in [0.15, 0.2) is 28.2 Å². The number of halogens is 1. The van der Waals surface area contributed by atoms with Crippen molar-refractivity contribution in [3.8, 4) is 0 Å². The van der Waals surface area contributed by atoms with E-state index in [1.165, 1.54) is 6.07 Å². The maximum atomic E-state index is 13.6. The number of aliphatic imine (C=N–C) groups is 2. The van der Waals surface area contributed by atoms with Gasteiger partial charge in [0.05, 0.1) is 10.6 Å². The molecule has 1 aromatic rings. The second-order valence-electron chi connectivity index (χ2n) is 5.71. The third-order valence-electron chi connectivity index (χ3n) is 4.24. The van der Waals surface area contributed by atoms with E-state index in [9.17, 15) is 14.5 Å². The van der Waals surface area contributed by atoms with Gasteiger partial charge in [0, 0.05) is 6.07 Å². The molecular formula is C14H17FN6O2. The highest BCUT2D eigenvalue weighted by molar-refractivity contribution is 6.05. The summed E-state index contributed by atoms with van der Waals surface area (Å²) in [5.74, 6) is -0.690. The quantitative estimate of drug-likeness (QED) is 0.635. The summed E-state index contributed by atoms with van der Waals surface area (Å²) in [5.41, 5.74) is 10.9. The number of nitro benzene ring substituents is 1. The average Bonchev–Trinajstić information content (AvgIpc) is 2.48. The van der Waals surface area contributed by atoms with Crippen LogP contribution in [-0.2, 0) is 0 Å². The van der Waals surface area contributed by atoms with E-state index in [1.807, 2.05) is 0 Å². The van der Waals surface area contributed by atoms with Crippen molar-refractivity contribution in [2.75, 3.05) is 4.90 Å². The van der Waals surface area contributed by atoms with Gasteiger partial charge in [0.1, 0.15) is 5.66 Å². The van der Waals surface area contributed by atoms with Gasteiger partial charge in [-0.2, -0.15) is 9.38 Å². The molecule has 4 N–H and O–H groups in total. The first-order chi connectivity index (χ1) is 10.9. The van der Waals surface area contributed by atoms with E-state index >= 15 is 0 Å². The predicted molar refractivity (Wildman–Crippen MR) is 84.6 cm³/mol. The molecule has 1 aromatic carbocycles. The molecule has 2 aliphatic rings. The van der Waals surface area contributed by atoms with Gasteiger partial charge in [-0.25, -0.2) is 4.99 Å². The number of anilines is 1. The van der Waals surface area contributed by atoms with Gasteiger partial charge in [-0.05, 0) is 37.8 Å². The van der Waals surface area contributed by atoms with E-state index in [0.717, 1.165) is 31.4 Å². The zero-order chi connectivity index (χ0) is 16.6. The Morgan fingerprint density at radius 1 is 1.26 bits per heavy atom. The molecule has 1 aliphatic heterocycles. The third kappa shape index (κ3) is 2.58. The molecule has 23 heavy (non-hydrogen) atoms. The van der Waals surface area contributed by atoms with Crippen molar-refractivity contribution in [1.29, 1.82) is 0 Å². The Morgan fingerprint density at radius 2 is 1.96 bits per heavy atom. The summed E-state index contributed by atoms with van der Waals surface area (Å²) in [6, 6.07) is 3.65. The molecule has 1 fully saturated rings. The van der Waals surface area contributed by atoms with Crippen molar-refractivity contribution in [3.05, 3.63) is 34.1 Å². The Bertz CT molecular complexity index is 711. The largest absolute Gasteiger partial charge is 0.369 e. The van der Waals surface area contributed by atoms with E-state index in [4.69, 9.17) is 11.5 Å². The zero-order valence-corrected chi connectivity index (χ0v) is 12.4. The molecule has 0 saturated heterocycles. The molecule has 1 heterocycles. The van der Waals surface area contributed by atoms with E-state index < -0.39 is 22.1 Å². The van der Waals surface area contributed by atoms with Crippen LogP contribution in [0.2, 0.25) is 0 Å². The highest BCUT2D eigenvalue weighted by Gasteiger charge is 2.43. The van der Waals surface area contributed by atoms with Crippen LogP contribution in [-0.4, -0.2) is 22.5 Å². The first kappa shape index (κ1) is 15.2. The lowest BCUT2D eigenvalue weighted by atomic mass is 9.87. The minimum atomic E-state index is -0.896. The van der Waals surface area contributed by atoms with Gasteiger partial charge in [-0.15, -0.1) is 0 Å². The van der Waals surface area contributed by atoms with Crippen LogP contribution < -0.4 is 16.4 Å². The molecule has 0 radical (unpaired) electrons. The highest BCUT2D eigenvalue weighted by atomic mass is 19.1. The fraction of sp³-hybridized carbons (Fsp3) is 0.429. The molecule has 122 valence electrons. The van der Waals surface area contributed by atoms with Crippen molar-refractivity contribution in [2.24, 2.45) is 21.5 Å². The Morgan fingerprint density at radius 3 is 2.61 bits per heavy atom. The molecule has 1 spiro atoms. The molecule has 0 unspecified atom stereocenters. The molecular weight excluding hydrogens is 303 g/mol. The third-order valence-corrected chi connectivity index (χ3v) is 4.24. The van der Waals surface area contributed by atoms with Gasteiger partial charge >= 0.3 is 5.69 Å². The number of hydrogen-bond acceptors (Lipinski definition) is 7. The summed E-state index contributed by atoms with van der Waals surface area (Å²) in [5, 5.41) is 11.0. The number of nitro groups is 1. The topological polar surface area (TPSA) is 123 Å². The normalized spacial score (nSPS) is 20.1. The number of hydrogen-bond donors (Lipinski definition) is 2. The maximum absolute atomic E-state index is 13.6. The molecule has 3 rings (SSSR count). The summed E-state index contributed by atoms with van der Waals surface area (Å²) >= 11 is 0. The van der Waals surface area contributed by atoms with Crippen LogP contribution in [0.25, 0.3) is 0 Å². The smallest absolute Gasteiger partial charge is 0.306 e. The van der Waals surface area contributed by atoms with Crippen LogP contribution >= 0.6 is 0 Å². The fourth-order valence-corrected chi connectivity index (χ4v) is 3.27. The van der Waals surface area contributed by atoms with E-state index in [1.54, 1.807) is 4.90 Å². The lowest BCUT2D eigenvalue weighted by molar-refractivity contribution is -0.387. The van der Waals surface area contributed by atoms with Crippen LogP contribution in [0.3, 0.4) is 0 Å². The van der Waals surface area contributed by atoms with Gasteiger partial charge in [0.25, 0.3) is 0 Å². The molecule has 0 bridgehead atoms. The second-order valence-corrected chi connectivity index (χ2v) is 5.71. The second kappa shape index (κ2) is 5.49. The molecule has 9 heteroatoms. The summed E-state index contributed by atoms with van der Waals surface area (Å²) in [6.07, 6.45) is 4.35. The predicted octanol–water partition coefficient (Wildman–Crippen LogP) is 1.84. The van der Waals surface area contributed by atoms with Crippen molar-refractivity contribution < 1.29 is 9.31 Å². The van der Waals surface area contributed by atoms with Crippen LogP contribution in [0.5, 0.6) is 0 Å². The van der Waals surface area contributed by atoms with Crippen LogP contribution in [0.4, 0.5) is 15.8 Å². The maximum Gasteiger partial charge on any atom is 0.306 e. The Balaban J connectivity index is 2.10. The lowest BCUT2D eigenvalue weighted by Crippen LogP contribution is -2.58. The van der Waals surface area contributed by atoms with Gasteiger partial charge in [-0.3, -0.25) is 15.0 Å². The van der Waals surface area contributed by atoms with E-state index in [2.05, 4.69) is 9.98 Å². The monoisotopic (exact) mass is 320 g/mol. The molecule has 1 aliphatic carbocycles. The summed E-state index contributed by atoms with van der Waals surface area (Å²) < 4.78 is 13.6. The first-order valence-electron chi connectivity index (χ1n) is 7.37.